The summed E-state index contributed by atoms with van der Waals surface area (Å²) < 4.78 is 18.6. The molecule has 0 unspecified atom stereocenters. The number of imide groups is 1. The van der Waals surface area contributed by atoms with Crippen LogP contribution < -0.4 is 10.1 Å². The number of halogens is 1. The van der Waals surface area contributed by atoms with Crippen LogP contribution in [0.4, 0.5) is 9.18 Å². The molecule has 1 atom stereocenters. The molecule has 2 aromatic carbocycles. The van der Waals surface area contributed by atoms with Crippen molar-refractivity contribution in [3.8, 4) is 5.75 Å². The van der Waals surface area contributed by atoms with Crippen LogP contribution in [0.2, 0.25) is 0 Å². The Bertz CT molecular complexity index is 896. The van der Waals surface area contributed by atoms with Crippen LogP contribution in [0.25, 0.3) is 0 Å². The zero-order valence-corrected chi connectivity index (χ0v) is 15.7. The Morgan fingerprint density at radius 1 is 1.07 bits per heavy atom. The van der Waals surface area contributed by atoms with Gasteiger partial charge in [-0.1, -0.05) is 19.1 Å². The van der Waals surface area contributed by atoms with Gasteiger partial charge in [-0.15, -0.1) is 0 Å². The van der Waals surface area contributed by atoms with Crippen LogP contribution in [0, 0.1) is 5.82 Å². The molecule has 1 saturated heterocycles. The van der Waals surface area contributed by atoms with Gasteiger partial charge in [0.2, 0.25) is 0 Å². The minimum absolute atomic E-state index is 0.275. The van der Waals surface area contributed by atoms with Crippen molar-refractivity contribution in [3.63, 3.8) is 0 Å². The number of ether oxygens (including phenoxy) is 1. The Labute approximate surface area is 162 Å². The molecule has 2 aromatic rings. The van der Waals surface area contributed by atoms with Crippen molar-refractivity contribution in [2.45, 2.75) is 25.8 Å². The Kier molecular flexibility index (Phi) is 5.44. The van der Waals surface area contributed by atoms with E-state index in [9.17, 15) is 18.8 Å². The van der Waals surface area contributed by atoms with E-state index in [1.54, 1.807) is 31.2 Å². The van der Waals surface area contributed by atoms with Gasteiger partial charge in [-0.05, 0) is 55.3 Å². The number of urea groups is 1. The molecule has 0 saturated carbocycles. The topological polar surface area (TPSA) is 75.7 Å². The van der Waals surface area contributed by atoms with E-state index in [2.05, 4.69) is 5.32 Å². The summed E-state index contributed by atoms with van der Waals surface area (Å²) in [6.07, 6.45) is 0.275. The highest BCUT2D eigenvalue weighted by Gasteiger charge is 2.51. The summed E-state index contributed by atoms with van der Waals surface area (Å²) in [5, 5.41) is 2.68. The van der Waals surface area contributed by atoms with Crippen LogP contribution in [0.15, 0.2) is 48.5 Å². The van der Waals surface area contributed by atoms with E-state index in [-0.39, 0.29) is 18.7 Å². The second-order valence-electron chi connectivity index (χ2n) is 6.47. The number of nitrogens with zero attached hydrogens (tertiary/aromatic N) is 1. The maximum absolute atomic E-state index is 13.3. The van der Waals surface area contributed by atoms with Crippen LogP contribution in [-0.2, 0) is 10.3 Å². The van der Waals surface area contributed by atoms with Gasteiger partial charge in [-0.25, -0.2) is 9.18 Å². The van der Waals surface area contributed by atoms with E-state index in [0.29, 0.717) is 23.5 Å². The van der Waals surface area contributed by atoms with Crippen LogP contribution in [0.5, 0.6) is 5.75 Å². The molecule has 0 spiro atoms. The molecule has 0 aromatic heterocycles. The number of rotatable bonds is 7. The van der Waals surface area contributed by atoms with Gasteiger partial charge in [0, 0.05) is 5.56 Å². The Balaban J connectivity index is 1.81. The van der Waals surface area contributed by atoms with Crippen molar-refractivity contribution in [3.05, 3.63) is 65.5 Å². The van der Waals surface area contributed by atoms with Crippen molar-refractivity contribution in [1.29, 1.82) is 0 Å². The summed E-state index contributed by atoms with van der Waals surface area (Å²) in [6.45, 7) is 3.75. The smallest absolute Gasteiger partial charge is 0.325 e. The fourth-order valence-corrected chi connectivity index (χ4v) is 3.28. The fraction of sp³-hybridized carbons (Fsp3) is 0.286. The highest BCUT2D eigenvalue weighted by Crippen LogP contribution is 2.32. The third-order valence-corrected chi connectivity index (χ3v) is 4.83. The van der Waals surface area contributed by atoms with E-state index < -0.39 is 23.3 Å². The van der Waals surface area contributed by atoms with Gasteiger partial charge < -0.3 is 10.1 Å². The maximum atomic E-state index is 13.3. The summed E-state index contributed by atoms with van der Waals surface area (Å²) in [5.74, 6) is -0.687. The van der Waals surface area contributed by atoms with Gasteiger partial charge in [-0.3, -0.25) is 14.5 Å². The Hall–Kier alpha value is -3.22. The van der Waals surface area contributed by atoms with Gasteiger partial charge in [0.15, 0.2) is 5.78 Å². The lowest BCUT2D eigenvalue weighted by Crippen LogP contribution is -2.43. The zero-order chi connectivity index (χ0) is 20.3. The van der Waals surface area contributed by atoms with Crippen molar-refractivity contribution in [1.82, 2.24) is 10.2 Å². The first kappa shape index (κ1) is 19.5. The van der Waals surface area contributed by atoms with Gasteiger partial charge >= 0.3 is 6.03 Å². The SMILES string of the molecule is CCOc1ccc(C(=O)CN2C(=O)N[C@](CC)(c3ccc(F)cc3)C2=O)cc1. The van der Waals surface area contributed by atoms with Crippen molar-refractivity contribution >= 4 is 17.7 Å². The number of hydrogen-bond donors (Lipinski definition) is 1. The minimum Gasteiger partial charge on any atom is -0.494 e. The molecule has 0 aliphatic carbocycles. The number of hydrogen-bond acceptors (Lipinski definition) is 4. The molecule has 1 N–H and O–H groups in total. The number of carbonyl (C=O) groups is 3. The number of ketones is 1. The average molecular weight is 384 g/mol. The lowest BCUT2D eigenvalue weighted by atomic mass is 9.87. The van der Waals surface area contributed by atoms with Gasteiger partial charge in [0.25, 0.3) is 5.91 Å². The first-order valence-corrected chi connectivity index (χ1v) is 9.07. The molecule has 0 bridgehead atoms. The van der Waals surface area contributed by atoms with Crippen molar-refractivity contribution < 1.29 is 23.5 Å². The normalized spacial score (nSPS) is 18.9. The molecule has 3 rings (SSSR count). The van der Waals surface area contributed by atoms with E-state index in [4.69, 9.17) is 4.74 Å². The van der Waals surface area contributed by atoms with E-state index in [0.717, 1.165) is 4.90 Å². The van der Waals surface area contributed by atoms with Crippen LogP contribution in [-0.4, -0.2) is 35.8 Å². The predicted molar refractivity (Wildman–Crippen MR) is 101 cm³/mol. The van der Waals surface area contributed by atoms with Gasteiger partial charge in [-0.2, -0.15) is 0 Å². The van der Waals surface area contributed by atoms with Gasteiger partial charge in [0.1, 0.15) is 17.1 Å². The molecular weight excluding hydrogens is 363 g/mol. The summed E-state index contributed by atoms with van der Waals surface area (Å²) in [6, 6.07) is 11.3. The second-order valence-corrected chi connectivity index (χ2v) is 6.47. The Morgan fingerprint density at radius 3 is 2.29 bits per heavy atom. The quantitative estimate of drug-likeness (QED) is 0.587. The summed E-state index contributed by atoms with van der Waals surface area (Å²) in [4.78, 5) is 39.0. The fourth-order valence-electron chi connectivity index (χ4n) is 3.28. The largest absolute Gasteiger partial charge is 0.494 e. The minimum atomic E-state index is -1.30. The summed E-state index contributed by atoms with van der Waals surface area (Å²) in [7, 11) is 0. The van der Waals surface area contributed by atoms with E-state index in [1.165, 1.54) is 24.3 Å². The first-order chi connectivity index (χ1) is 13.4. The summed E-state index contributed by atoms with van der Waals surface area (Å²) in [5.41, 5.74) is -0.449. The summed E-state index contributed by atoms with van der Waals surface area (Å²) >= 11 is 0. The van der Waals surface area contributed by atoms with E-state index >= 15 is 0 Å². The van der Waals surface area contributed by atoms with Crippen LogP contribution >= 0.6 is 0 Å². The molecule has 1 heterocycles. The lowest BCUT2D eigenvalue weighted by Gasteiger charge is -2.25. The molecule has 7 heteroatoms. The number of carbonyl (C=O) groups excluding carboxylic acids is 3. The molecule has 1 aliphatic heterocycles. The molecule has 1 fully saturated rings. The maximum Gasteiger partial charge on any atom is 0.325 e. The molecule has 6 nitrogen and oxygen atoms in total. The van der Waals surface area contributed by atoms with E-state index in [1.807, 2.05) is 6.92 Å². The molecule has 1 aliphatic rings. The average Bonchev–Trinajstić information content (AvgIpc) is 2.94. The monoisotopic (exact) mass is 384 g/mol. The van der Waals surface area contributed by atoms with Gasteiger partial charge in [0.05, 0.1) is 13.2 Å². The first-order valence-electron chi connectivity index (χ1n) is 9.07. The number of Topliss-reactive ketones (excluding diaryl/α,β-unsaturated/α-hetero) is 1. The number of amides is 3. The number of benzene rings is 2. The predicted octanol–water partition coefficient (Wildman–Crippen LogP) is 3.26. The molecule has 146 valence electrons. The highest BCUT2D eigenvalue weighted by molar-refractivity contribution is 6.11. The molecule has 28 heavy (non-hydrogen) atoms. The number of nitrogens with one attached hydrogen (secondary N) is 1. The third-order valence-electron chi connectivity index (χ3n) is 4.83. The van der Waals surface area contributed by atoms with Crippen LogP contribution in [0.3, 0.4) is 0 Å². The Morgan fingerprint density at radius 2 is 1.71 bits per heavy atom. The third kappa shape index (κ3) is 3.47. The molecular formula is C21H21FN2O4. The standard InChI is InChI=1S/C21H21FN2O4/c1-3-21(15-7-9-16(22)10-8-15)19(26)24(20(27)23-21)13-18(25)14-5-11-17(12-6-14)28-4-2/h5-12H,3-4,13H2,1-2H3,(H,23,27)/t21-/m1/s1. The van der Waals surface area contributed by atoms with Crippen molar-refractivity contribution in [2.75, 3.05) is 13.2 Å². The lowest BCUT2D eigenvalue weighted by molar-refractivity contribution is -0.131. The van der Waals surface area contributed by atoms with Crippen molar-refractivity contribution in [2.24, 2.45) is 0 Å². The molecule has 3 amide bonds. The zero-order valence-electron chi connectivity index (χ0n) is 15.7. The van der Waals surface area contributed by atoms with Crippen LogP contribution in [0.1, 0.15) is 36.2 Å². The second kappa shape index (κ2) is 7.80. The highest BCUT2D eigenvalue weighted by atomic mass is 19.1. The molecule has 0 radical (unpaired) electrons.